The van der Waals surface area contributed by atoms with Crippen molar-refractivity contribution in [2.75, 3.05) is 13.1 Å². The molecule has 0 saturated carbocycles. The van der Waals surface area contributed by atoms with E-state index in [2.05, 4.69) is 22.0 Å². The summed E-state index contributed by atoms with van der Waals surface area (Å²) in [7, 11) is 0. The molecule has 0 radical (unpaired) electrons. The van der Waals surface area contributed by atoms with E-state index in [-0.39, 0.29) is 11.8 Å². The number of likely N-dealkylation sites (tertiary alicyclic amines) is 1. The van der Waals surface area contributed by atoms with Crippen LogP contribution in [0.4, 0.5) is 0 Å². The molecule has 1 aliphatic heterocycles. The van der Waals surface area contributed by atoms with Gasteiger partial charge in [-0.05, 0) is 31.9 Å². The quantitative estimate of drug-likeness (QED) is 0.897. The summed E-state index contributed by atoms with van der Waals surface area (Å²) in [5, 5.41) is 4.65. The Balaban J connectivity index is 1.62. The van der Waals surface area contributed by atoms with E-state index >= 15 is 0 Å². The van der Waals surface area contributed by atoms with Gasteiger partial charge in [-0.25, -0.2) is 0 Å². The third-order valence-electron chi connectivity index (χ3n) is 4.58. The number of carbonyl (C=O) groups excluding carboxylic acids is 1. The molecular formula is C17H21ClN4O2. The van der Waals surface area contributed by atoms with Crippen molar-refractivity contribution in [3.63, 3.8) is 0 Å². The number of benzene rings is 1. The first-order chi connectivity index (χ1) is 11.5. The average Bonchev–Trinajstić information content (AvgIpc) is 3.03. The van der Waals surface area contributed by atoms with E-state index in [9.17, 15) is 4.79 Å². The molecule has 0 unspecified atom stereocenters. The lowest BCUT2D eigenvalue weighted by atomic mass is 9.93. The number of primary amides is 1. The monoisotopic (exact) mass is 348 g/mol. The smallest absolute Gasteiger partial charge is 0.228 e. The highest BCUT2D eigenvalue weighted by Gasteiger charge is 2.28. The number of amides is 1. The van der Waals surface area contributed by atoms with Crippen LogP contribution >= 0.6 is 11.6 Å². The van der Waals surface area contributed by atoms with Crippen LogP contribution in [0, 0.1) is 5.92 Å². The summed E-state index contributed by atoms with van der Waals surface area (Å²) in [5.41, 5.74) is 6.28. The summed E-state index contributed by atoms with van der Waals surface area (Å²) in [6.07, 6.45) is 2.49. The molecule has 2 N–H and O–H groups in total. The van der Waals surface area contributed by atoms with Crippen molar-refractivity contribution >= 4 is 17.5 Å². The largest absolute Gasteiger partial charge is 0.369 e. The van der Waals surface area contributed by atoms with Gasteiger partial charge in [0.05, 0.1) is 5.92 Å². The highest BCUT2D eigenvalue weighted by atomic mass is 35.5. The third kappa shape index (κ3) is 3.94. The molecule has 128 valence electrons. The van der Waals surface area contributed by atoms with Gasteiger partial charge in [-0.1, -0.05) is 28.9 Å². The lowest BCUT2D eigenvalue weighted by molar-refractivity contribution is -0.123. The molecule has 7 heteroatoms. The van der Waals surface area contributed by atoms with Crippen molar-refractivity contribution in [1.29, 1.82) is 0 Å². The van der Waals surface area contributed by atoms with Crippen LogP contribution in [0.1, 0.15) is 25.7 Å². The second-order valence-corrected chi connectivity index (χ2v) is 6.73. The van der Waals surface area contributed by atoms with Crippen molar-refractivity contribution in [3.05, 3.63) is 35.2 Å². The van der Waals surface area contributed by atoms with Crippen LogP contribution in [-0.4, -0.2) is 40.1 Å². The van der Waals surface area contributed by atoms with Gasteiger partial charge in [-0.2, -0.15) is 4.98 Å². The fourth-order valence-corrected chi connectivity index (χ4v) is 3.25. The summed E-state index contributed by atoms with van der Waals surface area (Å²) < 4.78 is 5.34. The van der Waals surface area contributed by atoms with Crippen LogP contribution in [0.2, 0.25) is 5.02 Å². The molecule has 0 spiro atoms. The van der Waals surface area contributed by atoms with E-state index in [0.29, 0.717) is 35.7 Å². The second kappa shape index (κ2) is 7.32. The molecule has 1 amide bonds. The van der Waals surface area contributed by atoms with E-state index in [4.69, 9.17) is 21.9 Å². The Kier molecular flexibility index (Phi) is 5.16. The Bertz CT molecular complexity index is 718. The number of nitrogens with two attached hydrogens (primary N) is 1. The number of halogens is 1. The first-order valence-corrected chi connectivity index (χ1v) is 8.52. The maximum atomic E-state index is 11.4. The second-order valence-electron chi connectivity index (χ2n) is 6.29. The predicted octanol–water partition coefficient (Wildman–Crippen LogP) is 2.52. The summed E-state index contributed by atoms with van der Waals surface area (Å²) in [5.74, 6) is 0.839. The van der Waals surface area contributed by atoms with Crippen LogP contribution in [0.15, 0.2) is 28.8 Å². The summed E-state index contributed by atoms with van der Waals surface area (Å²) >= 11 is 5.99. The molecule has 2 atom stereocenters. The lowest BCUT2D eigenvalue weighted by Gasteiger charge is -2.36. The van der Waals surface area contributed by atoms with Crippen molar-refractivity contribution < 1.29 is 9.32 Å². The number of aromatic nitrogens is 2. The first-order valence-electron chi connectivity index (χ1n) is 8.15. The molecule has 24 heavy (non-hydrogen) atoms. The van der Waals surface area contributed by atoms with Gasteiger partial charge in [0.1, 0.15) is 0 Å². The molecule has 1 fully saturated rings. The van der Waals surface area contributed by atoms with Gasteiger partial charge >= 0.3 is 0 Å². The molecule has 0 aliphatic carbocycles. The number of nitrogens with zero attached hydrogens (tertiary/aromatic N) is 3. The zero-order valence-corrected chi connectivity index (χ0v) is 14.4. The molecular weight excluding hydrogens is 328 g/mol. The van der Waals surface area contributed by atoms with E-state index < -0.39 is 0 Å². The highest BCUT2D eigenvalue weighted by Crippen LogP contribution is 2.23. The Morgan fingerprint density at radius 3 is 3.04 bits per heavy atom. The Morgan fingerprint density at radius 2 is 2.29 bits per heavy atom. The highest BCUT2D eigenvalue weighted by molar-refractivity contribution is 6.30. The SMILES string of the molecule is C[C@@H]1CC[C@H](C(N)=O)CN1CCc1nc(-c2cccc(Cl)c2)no1. The molecule has 1 aliphatic rings. The summed E-state index contributed by atoms with van der Waals surface area (Å²) in [6.45, 7) is 3.64. The van der Waals surface area contributed by atoms with Crippen LogP contribution in [0.3, 0.4) is 0 Å². The zero-order chi connectivity index (χ0) is 17.1. The first kappa shape index (κ1) is 16.9. The van der Waals surface area contributed by atoms with Gasteiger partial charge in [0, 0.05) is 36.1 Å². The van der Waals surface area contributed by atoms with Crippen LogP contribution in [0.25, 0.3) is 11.4 Å². The van der Waals surface area contributed by atoms with E-state index in [0.717, 1.165) is 24.9 Å². The summed E-state index contributed by atoms with van der Waals surface area (Å²) in [6, 6.07) is 7.78. The topological polar surface area (TPSA) is 85.3 Å². The third-order valence-corrected chi connectivity index (χ3v) is 4.81. The average molecular weight is 349 g/mol. The van der Waals surface area contributed by atoms with E-state index in [1.807, 2.05) is 12.1 Å². The number of carbonyl (C=O) groups is 1. The minimum absolute atomic E-state index is 0.0640. The molecule has 6 nitrogen and oxygen atoms in total. The van der Waals surface area contributed by atoms with Gasteiger partial charge in [-0.3, -0.25) is 9.69 Å². The number of hydrogen-bond acceptors (Lipinski definition) is 5. The number of piperidine rings is 1. The maximum Gasteiger partial charge on any atom is 0.228 e. The molecule has 1 aromatic carbocycles. The molecule has 1 saturated heterocycles. The fraction of sp³-hybridized carbons (Fsp3) is 0.471. The summed E-state index contributed by atoms with van der Waals surface area (Å²) in [4.78, 5) is 18.1. The van der Waals surface area contributed by atoms with Crippen LogP contribution in [-0.2, 0) is 11.2 Å². The normalized spacial score (nSPS) is 21.8. The minimum atomic E-state index is -0.215. The predicted molar refractivity (Wildman–Crippen MR) is 91.4 cm³/mol. The minimum Gasteiger partial charge on any atom is -0.369 e. The number of hydrogen-bond donors (Lipinski definition) is 1. The van der Waals surface area contributed by atoms with Crippen molar-refractivity contribution in [1.82, 2.24) is 15.0 Å². The molecule has 1 aromatic heterocycles. The van der Waals surface area contributed by atoms with Crippen molar-refractivity contribution in [3.8, 4) is 11.4 Å². The van der Waals surface area contributed by atoms with Gasteiger partial charge in [0.15, 0.2) is 0 Å². The Labute approximate surface area is 146 Å². The molecule has 0 bridgehead atoms. The van der Waals surface area contributed by atoms with E-state index in [1.165, 1.54) is 0 Å². The van der Waals surface area contributed by atoms with Crippen molar-refractivity contribution in [2.45, 2.75) is 32.2 Å². The Hall–Kier alpha value is -1.92. The van der Waals surface area contributed by atoms with Gasteiger partial charge in [0.2, 0.25) is 17.6 Å². The van der Waals surface area contributed by atoms with Crippen LogP contribution < -0.4 is 5.73 Å². The molecule has 3 rings (SSSR count). The van der Waals surface area contributed by atoms with Crippen molar-refractivity contribution in [2.24, 2.45) is 11.7 Å². The Morgan fingerprint density at radius 1 is 1.46 bits per heavy atom. The molecule has 2 aromatic rings. The van der Waals surface area contributed by atoms with E-state index in [1.54, 1.807) is 12.1 Å². The standard InChI is InChI=1S/C17H21ClN4O2/c1-11-5-6-13(16(19)23)10-22(11)8-7-15-20-17(21-24-15)12-3-2-4-14(18)9-12/h2-4,9,11,13H,5-8,10H2,1H3,(H2,19,23)/t11-,13+/m1/s1. The molecule has 2 heterocycles. The van der Waals surface area contributed by atoms with Gasteiger partial charge in [0.25, 0.3) is 0 Å². The van der Waals surface area contributed by atoms with Gasteiger partial charge in [-0.15, -0.1) is 0 Å². The van der Waals surface area contributed by atoms with Crippen LogP contribution in [0.5, 0.6) is 0 Å². The fourth-order valence-electron chi connectivity index (χ4n) is 3.06. The van der Waals surface area contributed by atoms with Gasteiger partial charge < -0.3 is 10.3 Å². The maximum absolute atomic E-state index is 11.4. The zero-order valence-electron chi connectivity index (χ0n) is 13.6. The lowest BCUT2D eigenvalue weighted by Crippen LogP contribution is -2.46. The number of rotatable bonds is 5.